The van der Waals surface area contributed by atoms with Gasteiger partial charge in [0, 0.05) is 25.9 Å². The first kappa shape index (κ1) is 15.4. The third-order valence-electron chi connectivity index (χ3n) is 2.91. The lowest BCUT2D eigenvalue weighted by atomic mass is 9.76. The van der Waals surface area contributed by atoms with E-state index in [0.717, 1.165) is 0 Å². The van der Waals surface area contributed by atoms with Gasteiger partial charge in [0.05, 0.1) is 24.8 Å². The van der Waals surface area contributed by atoms with Gasteiger partial charge in [0.15, 0.2) is 0 Å². The molecular weight excluding hydrogens is 214 g/mol. The lowest BCUT2D eigenvalue weighted by molar-refractivity contribution is 0.0354. The summed E-state index contributed by atoms with van der Waals surface area (Å²) >= 11 is 0. The molecule has 0 aromatic rings. The minimum atomic E-state index is -0.183. The molecule has 0 spiro atoms. The molecule has 0 bridgehead atoms. The smallest absolute Gasteiger partial charge is 0.0621 e. The first-order chi connectivity index (χ1) is 8.24. The largest absolute Gasteiger partial charge is 0.381 e. The highest BCUT2D eigenvalue weighted by Gasteiger charge is 2.29. The quantitative estimate of drug-likeness (QED) is 0.613. The Morgan fingerprint density at radius 1 is 0.882 bits per heavy atom. The molecule has 17 heavy (non-hydrogen) atoms. The van der Waals surface area contributed by atoms with E-state index in [9.17, 15) is 0 Å². The van der Waals surface area contributed by atoms with Crippen LogP contribution in [0, 0.1) is 39.4 Å². The minimum Gasteiger partial charge on any atom is -0.381 e. The van der Waals surface area contributed by atoms with E-state index in [2.05, 4.69) is 18.2 Å². The van der Waals surface area contributed by atoms with Crippen molar-refractivity contribution in [1.82, 2.24) is 0 Å². The van der Waals surface area contributed by atoms with Crippen molar-refractivity contribution in [2.24, 2.45) is 5.41 Å². The van der Waals surface area contributed by atoms with Crippen molar-refractivity contribution in [3.05, 3.63) is 0 Å². The molecular formula is C13H19N3O. The molecule has 4 nitrogen and oxygen atoms in total. The maximum atomic E-state index is 8.69. The maximum absolute atomic E-state index is 8.69. The number of hydrogen-bond acceptors (Lipinski definition) is 4. The zero-order valence-electron chi connectivity index (χ0n) is 10.4. The van der Waals surface area contributed by atoms with Crippen LogP contribution in [-0.4, -0.2) is 13.2 Å². The Kier molecular flexibility index (Phi) is 8.75. The molecule has 0 N–H and O–H groups in total. The second kappa shape index (κ2) is 9.64. The third kappa shape index (κ3) is 6.56. The van der Waals surface area contributed by atoms with Gasteiger partial charge >= 0.3 is 0 Å². The molecule has 0 amide bonds. The fourth-order valence-electron chi connectivity index (χ4n) is 1.87. The Morgan fingerprint density at radius 3 is 1.59 bits per heavy atom. The van der Waals surface area contributed by atoms with E-state index in [0.29, 0.717) is 51.7 Å². The van der Waals surface area contributed by atoms with Gasteiger partial charge in [-0.2, -0.15) is 15.8 Å². The van der Waals surface area contributed by atoms with E-state index >= 15 is 0 Å². The number of hydrogen-bond donors (Lipinski definition) is 0. The molecule has 4 heteroatoms. The second-order valence-corrected chi connectivity index (χ2v) is 4.11. The molecule has 0 aliphatic heterocycles. The molecule has 0 heterocycles. The summed E-state index contributed by atoms with van der Waals surface area (Å²) < 4.78 is 5.46. The second-order valence-electron chi connectivity index (χ2n) is 4.11. The van der Waals surface area contributed by atoms with E-state index in [-0.39, 0.29) is 5.41 Å². The van der Waals surface area contributed by atoms with Crippen LogP contribution in [0.1, 0.15) is 45.4 Å². The van der Waals surface area contributed by atoms with Crippen LogP contribution in [-0.2, 0) is 4.74 Å². The van der Waals surface area contributed by atoms with Crippen molar-refractivity contribution in [3.63, 3.8) is 0 Å². The fourth-order valence-corrected chi connectivity index (χ4v) is 1.87. The lowest BCUT2D eigenvalue weighted by Crippen LogP contribution is -2.27. The molecule has 0 radical (unpaired) electrons. The molecule has 0 aliphatic rings. The van der Waals surface area contributed by atoms with Gasteiger partial charge in [-0.25, -0.2) is 0 Å². The Balaban J connectivity index is 4.60. The highest BCUT2D eigenvalue weighted by atomic mass is 16.5. The highest BCUT2D eigenvalue weighted by molar-refractivity contribution is 4.89. The maximum Gasteiger partial charge on any atom is 0.0621 e. The molecule has 0 aromatic carbocycles. The summed E-state index contributed by atoms with van der Waals surface area (Å²) in [5, 5.41) is 26.1. The Hall–Kier alpha value is -1.57. The van der Waals surface area contributed by atoms with Gasteiger partial charge < -0.3 is 4.74 Å². The summed E-state index contributed by atoms with van der Waals surface area (Å²) in [5.74, 6) is 0. The molecule has 92 valence electrons. The van der Waals surface area contributed by atoms with Gasteiger partial charge in [0.25, 0.3) is 0 Å². The molecule has 0 atom stereocenters. The summed E-state index contributed by atoms with van der Waals surface area (Å²) in [4.78, 5) is 0. The zero-order chi connectivity index (χ0) is 13.0. The number of rotatable bonds is 9. The fraction of sp³-hybridized carbons (Fsp3) is 0.769. The summed E-state index contributed by atoms with van der Waals surface area (Å²) in [6.45, 7) is 3.07. The molecule has 0 saturated carbocycles. The van der Waals surface area contributed by atoms with Crippen LogP contribution < -0.4 is 0 Å². The van der Waals surface area contributed by atoms with Crippen LogP contribution in [0.5, 0.6) is 0 Å². The Morgan fingerprint density at radius 2 is 1.29 bits per heavy atom. The van der Waals surface area contributed by atoms with E-state index in [1.54, 1.807) is 0 Å². The SMILES string of the molecule is CCOCC(CCC#N)(CCC#N)CCC#N. The molecule has 0 aliphatic carbocycles. The van der Waals surface area contributed by atoms with E-state index in [1.165, 1.54) is 0 Å². The number of nitrogens with zero attached hydrogens (tertiary/aromatic N) is 3. The number of nitriles is 3. The molecule has 0 unspecified atom stereocenters. The third-order valence-corrected chi connectivity index (χ3v) is 2.91. The van der Waals surface area contributed by atoms with Crippen LogP contribution in [0.2, 0.25) is 0 Å². The Bertz CT molecular complexity index is 273. The van der Waals surface area contributed by atoms with Gasteiger partial charge in [0.1, 0.15) is 0 Å². The van der Waals surface area contributed by atoms with Crippen LogP contribution in [0.15, 0.2) is 0 Å². The van der Waals surface area contributed by atoms with Crippen molar-refractivity contribution in [3.8, 4) is 18.2 Å². The van der Waals surface area contributed by atoms with Gasteiger partial charge in [-0.15, -0.1) is 0 Å². The van der Waals surface area contributed by atoms with Crippen LogP contribution in [0.25, 0.3) is 0 Å². The highest BCUT2D eigenvalue weighted by Crippen LogP contribution is 2.35. The predicted molar refractivity (Wildman–Crippen MR) is 63.5 cm³/mol. The molecule has 0 rings (SSSR count). The first-order valence-corrected chi connectivity index (χ1v) is 5.93. The Labute approximate surface area is 103 Å². The van der Waals surface area contributed by atoms with Crippen molar-refractivity contribution >= 4 is 0 Å². The van der Waals surface area contributed by atoms with E-state index < -0.39 is 0 Å². The van der Waals surface area contributed by atoms with E-state index in [1.807, 2.05) is 6.92 Å². The van der Waals surface area contributed by atoms with E-state index in [4.69, 9.17) is 20.5 Å². The summed E-state index contributed by atoms with van der Waals surface area (Å²) in [6.07, 6.45) is 3.45. The van der Waals surface area contributed by atoms with Crippen molar-refractivity contribution in [2.75, 3.05) is 13.2 Å². The molecule has 0 saturated heterocycles. The van der Waals surface area contributed by atoms with Gasteiger partial charge in [-0.05, 0) is 31.6 Å². The lowest BCUT2D eigenvalue weighted by Gasteiger charge is -2.31. The average Bonchev–Trinajstić information content (AvgIpc) is 2.37. The van der Waals surface area contributed by atoms with Crippen LogP contribution in [0.4, 0.5) is 0 Å². The number of ether oxygens (including phenoxy) is 1. The van der Waals surface area contributed by atoms with Crippen molar-refractivity contribution in [1.29, 1.82) is 15.8 Å². The van der Waals surface area contributed by atoms with Crippen LogP contribution in [0.3, 0.4) is 0 Å². The van der Waals surface area contributed by atoms with Crippen LogP contribution >= 0.6 is 0 Å². The van der Waals surface area contributed by atoms with Crippen molar-refractivity contribution < 1.29 is 4.74 Å². The average molecular weight is 233 g/mol. The van der Waals surface area contributed by atoms with Gasteiger partial charge in [0.2, 0.25) is 0 Å². The predicted octanol–water partition coefficient (Wildman–Crippen LogP) is 2.92. The molecule has 0 aromatic heterocycles. The topological polar surface area (TPSA) is 80.6 Å². The summed E-state index contributed by atoms with van der Waals surface area (Å²) in [7, 11) is 0. The summed E-state index contributed by atoms with van der Waals surface area (Å²) in [6, 6.07) is 6.39. The first-order valence-electron chi connectivity index (χ1n) is 5.93. The monoisotopic (exact) mass is 233 g/mol. The standard InChI is InChI=1S/C13H19N3O/c1-2-17-12-13(6-3-9-14,7-4-10-15)8-5-11-16/h2-8,12H2,1H3. The zero-order valence-corrected chi connectivity index (χ0v) is 10.4. The summed E-state index contributed by atoms with van der Waals surface area (Å²) in [5.41, 5.74) is -0.183. The van der Waals surface area contributed by atoms with Gasteiger partial charge in [-0.1, -0.05) is 0 Å². The normalized spacial score (nSPS) is 10.2. The molecule has 0 fully saturated rings. The van der Waals surface area contributed by atoms with Gasteiger partial charge in [-0.3, -0.25) is 0 Å². The minimum absolute atomic E-state index is 0.183. The van der Waals surface area contributed by atoms with Crippen molar-refractivity contribution in [2.45, 2.75) is 45.4 Å².